The van der Waals surface area contributed by atoms with Gasteiger partial charge in [0.15, 0.2) is 0 Å². The van der Waals surface area contributed by atoms with Crippen LogP contribution in [0.5, 0.6) is 11.5 Å². The van der Waals surface area contributed by atoms with Crippen molar-refractivity contribution in [3.63, 3.8) is 0 Å². The molecule has 3 aromatic carbocycles. The highest BCUT2D eigenvalue weighted by atomic mass is 16.5. The molecule has 0 atom stereocenters. The van der Waals surface area contributed by atoms with Crippen LogP contribution in [0.1, 0.15) is 55.7 Å². The van der Waals surface area contributed by atoms with E-state index in [0.29, 0.717) is 0 Å². The van der Waals surface area contributed by atoms with Gasteiger partial charge in [-0.15, -0.1) is 0 Å². The Hall–Kier alpha value is -3.04. The van der Waals surface area contributed by atoms with Gasteiger partial charge in [-0.2, -0.15) is 0 Å². The molecule has 3 heteroatoms. The van der Waals surface area contributed by atoms with Crippen LogP contribution in [-0.2, 0) is 0 Å². The quantitative estimate of drug-likeness (QED) is 0.286. The molecule has 1 aliphatic heterocycles. The lowest BCUT2D eigenvalue weighted by Gasteiger charge is -2.26. The highest BCUT2D eigenvalue weighted by Crippen LogP contribution is 2.36. The number of piperidine rings is 1. The second kappa shape index (κ2) is 11.7. The maximum absolute atomic E-state index is 9.84. The third-order valence-electron chi connectivity index (χ3n) is 6.39. The molecule has 1 aliphatic rings. The Labute approximate surface area is 198 Å². The number of allylic oxidation sites excluding steroid dienone is 1. The number of ether oxygens (including phenoxy) is 1. The first-order valence-electron chi connectivity index (χ1n) is 12.3. The second-order valence-electron chi connectivity index (χ2n) is 8.75. The third-order valence-corrected chi connectivity index (χ3v) is 6.39. The largest absolute Gasteiger partial charge is 0.508 e. The molecular weight excluding hydrogens is 406 g/mol. The van der Waals surface area contributed by atoms with Gasteiger partial charge in [0.1, 0.15) is 11.5 Å². The minimum atomic E-state index is 0.279. The minimum absolute atomic E-state index is 0.279. The van der Waals surface area contributed by atoms with Gasteiger partial charge in [-0.1, -0.05) is 67.9 Å². The topological polar surface area (TPSA) is 32.7 Å². The summed E-state index contributed by atoms with van der Waals surface area (Å²) in [6.07, 6.45) is 5.99. The summed E-state index contributed by atoms with van der Waals surface area (Å²) in [6, 6.07) is 26.5. The summed E-state index contributed by atoms with van der Waals surface area (Å²) in [4.78, 5) is 2.56. The first-order chi connectivity index (χ1) is 16.2. The molecule has 0 radical (unpaired) electrons. The lowest BCUT2D eigenvalue weighted by molar-refractivity contribution is 0.205. The zero-order chi connectivity index (χ0) is 22.9. The Kier molecular flexibility index (Phi) is 8.21. The monoisotopic (exact) mass is 441 g/mol. The average Bonchev–Trinajstić information content (AvgIpc) is 2.87. The SMILES string of the molecule is CC/C(=C(\c1ccc(O)cc1)c1cccc(OCCCN2CCCCC2)c1)c1ccccc1. The average molecular weight is 442 g/mol. The Balaban J connectivity index is 1.58. The molecular formula is C30H35NO2. The van der Waals surface area contributed by atoms with Crippen LogP contribution in [0.2, 0.25) is 0 Å². The van der Waals surface area contributed by atoms with Crippen molar-refractivity contribution in [1.82, 2.24) is 4.90 Å². The summed E-state index contributed by atoms with van der Waals surface area (Å²) in [7, 11) is 0. The summed E-state index contributed by atoms with van der Waals surface area (Å²) in [5.74, 6) is 1.19. The van der Waals surface area contributed by atoms with Gasteiger partial charge in [-0.25, -0.2) is 0 Å². The van der Waals surface area contributed by atoms with Gasteiger partial charge in [-0.05, 0) is 90.9 Å². The molecule has 0 bridgehead atoms. The highest BCUT2D eigenvalue weighted by molar-refractivity contribution is 5.98. The van der Waals surface area contributed by atoms with Gasteiger partial charge in [0.05, 0.1) is 6.61 Å². The molecule has 1 saturated heterocycles. The van der Waals surface area contributed by atoms with Crippen LogP contribution >= 0.6 is 0 Å². The second-order valence-corrected chi connectivity index (χ2v) is 8.75. The van der Waals surface area contributed by atoms with Gasteiger partial charge in [-0.3, -0.25) is 0 Å². The van der Waals surface area contributed by atoms with E-state index in [-0.39, 0.29) is 5.75 Å². The Morgan fingerprint density at radius 3 is 2.27 bits per heavy atom. The van der Waals surface area contributed by atoms with E-state index >= 15 is 0 Å². The Bertz CT molecular complexity index is 1030. The number of aromatic hydroxyl groups is 1. The molecule has 4 rings (SSSR count). The first kappa shape index (κ1) is 23.1. The number of benzene rings is 3. The number of hydrogen-bond donors (Lipinski definition) is 1. The van der Waals surface area contributed by atoms with Crippen molar-refractivity contribution in [2.45, 2.75) is 39.0 Å². The molecule has 0 saturated carbocycles. The van der Waals surface area contributed by atoms with Crippen molar-refractivity contribution in [2.24, 2.45) is 0 Å². The molecule has 3 aromatic rings. The van der Waals surface area contributed by atoms with Crippen molar-refractivity contribution in [3.05, 3.63) is 95.6 Å². The molecule has 0 unspecified atom stereocenters. The van der Waals surface area contributed by atoms with Gasteiger partial charge in [0, 0.05) is 6.54 Å². The maximum Gasteiger partial charge on any atom is 0.119 e. The fourth-order valence-electron chi connectivity index (χ4n) is 4.71. The number of phenolic OH excluding ortho intramolecular Hbond substituents is 1. The number of rotatable bonds is 9. The Morgan fingerprint density at radius 2 is 1.55 bits per heavy atom. The van der Waals surface area contributed by atoms with E-state index in [1.54, 1.807) is 12.1 Å². The molecule has 172 valence electrons. The van der Waals surface area contributed by atoms with Crippen molar-refractivity contribution in [2.75, 3.05) is 26.2 Å². The van der Waals surface area contributed by atoms with E-state index in [1.807, 2.05) is 18.2 Å². The smallest absolute Gasteiger partial charge is 0.119 e. The van der Waals surface area contributed by atoms with Crippen molar-refractivity contribution >= 4 is 11.1 Å². The first-order valence-corrected chi connectivity index (χ1v) is 12.3. The van der Waals surface area contributed by atoms with Gasteiger partial charge in [0.2, 0.25) is 0 Å². The molecule has 0 aromatic heterocycles. The van der Waals surface area contributed by atoms with Crippen LogP contribution in [0, 0.1) is 0 Å². The lowest BCUT2D eigenvalue weighted by atomic mass is 9.88. The van der Waals surface area contributed by atoms with E-state index in [4.69, 9.17) is 4.74 Å². The number of hydrogen-bond acceptors (Lipinski definition) is 3. The molecule has 1 N–H and O–H groups in total. The minimum Gasteiger partial charge on any atom is -0.508 e. The normalized spacial score (nSPS) is 15.2. The van der Waals surface area contributed by atoms with Crippen LogP contribution in [0.4, 0.5) is 0 Å². The molecule has 3 nitrogen and oxygen atoms in total. The van der Waals surface area contributed by atoms with Crippen molar-refractivity contribution < 1.29 is 9.84 Å². The van der Waals surface area contributed by atoms with Crippen LogP contribution in [0.15, 0.2) is 78.9 Å². The van der Waals surface area contributed by atoms with Crippen LogP contribution in [0.3, 0.4) is 0 Å². The molecule has 33 heavy (non-hydrogen) atoms. The van der Waals surface area contributed by atoms with Crippen molar-refractivity contribution in [1.29, 1.82) is 0 Å². The highest BCUT2D eigenvalue weighted by Gasteiger charge is 2.14. The standard InChI is InChI=1S/C30H35NO2/c1-2-29(24-11-5-3-6-12-24)30(25-15-17-27(32)18-16-25)26-13-9-14-28(23-26)33-22-10-21-31-19-7-4-8-20-31/h3,5-6,9,11-18,23,32H,2,4,7-8,10,19-22H2,1H3/b30-29-. The van der Waals surface area contributed by atoms with E-state index in [1.165, 1.54) is 49.1 Å². The fourth-order valence-corrected chi connectivity index (χ4v) is 4.71. The Morgan fingerprint density at radius 1 is 0.818 bits per heavy atom. The zero-order valence-electron chi connectivity index (χ0n) is 19.7. The predicted molar refractivity (Wildman–Crippen MR) is 138 cm³/mol. The summed E-state index contributed by atoms with van der Waals surface area (Å²) in [5, 5.41) is 9.84. The molecule has 1 fully saturated rings. The number of likely N-dealkylation sites (tertiary alicyclic amines) is 1. The summed E-state index contributed by atoms with van der Waals surface area (Å²) in [6.45, 7) is 6.51. The summed E-state index contributed by atoms with van der Waals surface area (Å²) >= 11 is 0. The summed E-state index contributed by atoms with van der Waals surface area (Å²) < 4.78 is 6.17. The van der Waals surface area contributed by atoms with E-state index in [9.17, 15) is 5.11 Å². The third kappa shape index (κ3) is 6.27. The molecule has 1 heterocycles. The lowest BCUT2D eigenvalue weighted by Crippen LogP contribution is -2.31. The zero-order valence-corrected chi connectivity index (χ0v) is 19.7. The van der Waals surface area contributed by atoms with E-state index in [2.05, 4.69) is 60.4 Å². The number of phenols is 1. The maximum atomic E-state index is 9.84. The molecule has 0 spiro atoms. The summed E-state index contributed by atoms with van der Waals surface area (Å²) in [5.41, 5.74) is 5.91. The van der Waals surface area contributed by atoms with Gasteiger partial charge >= 0.3 is 0 Å². The van der Waals surface area contributed by atoms with Crippen molar-refractivity contribution in [3.8, 4) is 11.5 Å². The predicted octanol–water partition coefficient (Wildman–Crippen LogP) is 7.02. The van der Waals surface area contributed by atoms with Crippen LogP contribution in [0.25, 0.3) is 11.1 Å². The van der Waals surface area contributed by atoms with Crippen LogP contribution in [-0.4, -0.2) is 36.2 Å². The molecule has 0 aliphatic carbocycles. The van der Waals surface area contributed by atoms with Gasteiger partial charge < -0.3 is 14.7 Å². The number of nitrogens with zero attached hydrogens (tertiary/aromatic N) is 1. The van der Waals surface area contributed by atoms with E-state index < -0.39 is 0 Å². The molecule has 0 amide bonds. The van der Waals surface area contributed by atoms with E-state index in [0.717, 1.165) is 42.9 Å². The van der Waals surface area contributed by atoms with Gasteiger partial charge in [0.25, 0.3) is 0 Å². The van der Waals surface area contributed by atoms with Crippen LogP contribution < -0.4 is 4.74 Å². The fraction of sp³-hybridized carbons (Fsp3) is 0.333.